The molecule has 0 radical (unpaired) electrons. The molecule has 1 aliphatic rings. The number of amides is 1. The van der Waals surface area contributed by atoms with E-state index in [0.29, 0.717) is 0 Å². The smallest absolute Gasteiger partial charge is 0.230 e. The van der Waals surface area contributed by atoms with E-state index in [0.717, 1.165) is 36.5 Å². The van der Waals surface area contributed by atoms with Crippen LogP contribution < -0.4 is 5.32 Å². The molecule has 4 nitrogen and oxygen atoms in total. The van der Waals surface area contributed by atoms with Crippen LogP contribution in [0.2, 0.25) is 0 Å². The van der Waals surface area contributed by atoms with Gasteiger partial charge in [0.2, 0.25) is 5.91 Å². The van der Waals surface area contributed by atoms with E-state index in [2.05, 4.69) is 43.6 Å². The maximum absolute atomic E-state index is 12.6. The molecule has 2 aromatic rings. The van der Waals surface area contributed by atoms with Gasteiger partial charge < -0.3 is 9.88 Å². The second-order valence-corrected chi connectivity index (χ2v) is 10.2. The molecule has 0 aliphatic heterocycles. The summed E-state index contributed by atoms with van der Waals surface area (Å²) in [5.41, 5.74) is 2.68. The van der Waals surface area contributed by atoms with Gasteiger partial charge in [0.1, 0.15) is 5.82 Å². The molecule has 3 rings (SSSR count). The van der Waals surface area contributed by atoms with Crippen molar-refractivity contribution in [1.29, 1.82) is 0 Å². The lowest BCUT2D eigenvalue weighted by Crippen LogP contribution is -2.29. The zero-order valence-corrected chi connectivity index (χ0v) is 19.3. The van der Waals surface area contributed by atoms with E-state index < -0.39 is 0 Å². The first-order valence-electron chi connectivity index (χ1n) is 11.5. The number of imidazole rings is 1. The molecule has 1 fully saturated rings. The predicted molar refractivity (Wildman–Crippen MR) is 122 cm³/mol. The molecule has 1 N–H and O–H groups in total. The number of rotatable bonds is 7. The minimum Gasteiger partial charge on any atom is -0.327 e. The van der Waals surface area contributed by atoms with Crippen LogP contribution in [-0.2, 0) is 16.8 Å². The van der Waals surface area contributed by atoms with Crippen molar-refractivity contribution in [1.82, 2.24) is 9.55 Å². The third kappa shape index (κ3) is 4.67. The van der Waals surface area contributed by atoms with Crippen LogP contribution in [0.1, 0.15) is 92.3 Å². The van der Waals surface area contributed by atoms with Gasteiger partial charge in [0.05, 0.1) is 11.0 Å². The highest BCUT2D eigenvalue weighted by Gasteiger charge is 2.28. The van der Waals surface area contributed by atoms with Crippen molar-refractivity contribution in [2.45, 2.75) is 98.4 Å². The van der Waals surface area contributed by atoms with Crippen LogP contribution in [0.5, 0.6) is 0 Å². The zero-order valence-electron chi connectivity index (χ0n) is 19.3. The van der Waals surface area contributed by atoms with Gasteiger partial charge in [-0.15, -0.1) is 0 Å². The number of benzene rings is 1. The standard InChI is InChI=1S/C25H39N3O/c1-7-24(3,4)22-27-20-16-19(26-23(29)25(5,6)8-2)14-15-21(20)28(22)17-18-12-10-9-11-13-18/h14-16,18H,7-13,17H2,1-6H3,(H,26,29). The minimum absolute atomic E-state index is 0.0291. The third-order valence-corrected chi connectivity index (χ3v) is 7.16. The summed E-state index contributed by atoms with van der Waals surface area (Å²) >= 11 is 0. The summed E-state index contributed by atoms with van der Waals surface area (Å²) in [5, 5.41) is 3.10. The summed E-state index contributed by atoms with van der Waals surface area (Å²) < 4.78 is 2.47. The summed E-state index contributed by atoms with van der Waals surface area (Å²) in [6.45, 7) is 13.9. The largest absolute Gasteiger partial charge is 0.327 e. The highest BCUT2D eigenvalue weighted by atomic mass is 16.2. The van der Waals surface area contributed by atoms with Gasteiger partial charge in [-0.1, -0.05) is 60.8 Å². The molecule has 1 aliphatic carbocycles. The molecule has 1 saturated carbocycles. The van der Waals surface area contributed by atoms with E-state index in [1.165, 1.54) is 43.4 Å². The fourth-order valence-electron chi connectivity index (χ4n) is 4.16. The molecule has 0 atom stereocenters. The Labute approximate surface area is 176 Å². The number of aromatic nitrogens is 2. The number of anilines is 1. The Morgan fingerprint density at radius 2 is 1.79 bits per heavy atom. The van der Waals surface area contributed by atoms with Crippen molar-refractivity contribution in [3.63, 3.8) is 0 Å². The maximum atomic E-state index is 12.6. The maximum Gasteiger partial charge on any atom is 0.230 e. The zero-order chi connectivity index (χ0) is 21.2. The molecular weight excluding hydrogens is 358 g/mol. The summed E-state index contributed by atoms with van der Waals surface area (Å²) in [4.78, 5) is 17.7. The molecular formula is C25H39N3O. The highest BCUT2D eigenvalue weighted by Crippen LogP contribution is 2.34. The van der Waals surface area contributed by atoms with Crippen LogP contribution in [-0.4, -0.2) is 15.5 Å². The van der Waals surface area contributed by atoms with Gasteiger partial charge >= 0.3 is 0 Å². The third-order valence-electron chi connectivity index (χ3n) is 7.16. The molecule has 0 bridgehead atoms. The van der Waals surface area contributed by atoms with Crippen LogP contribution in [0.25, 0.3) is 11.0 Å². The predicted octanol–water partition coefficient (Wildman–Crippen LogP) is 6.68. The lowest BCUT2D eigenvalue weighted by Gasteiger charge is -2.27. The van der Waals surface area contributed by atoms with Crippen molar-refractivity contribution in [3.05, 3.63) is 24.0 Å². The Bertz CT molecular complexity index is 856. The average Bonchev–Trinajstić information content (AvgIpc) is 3.07. The molecule has 1 amide bonds. The lowest BCUT2D eigenvalue weighted by atomic mass is 9.87. The van der Waals surface area contributed by atoms with Crippen molar-refractivity contribution < 1.29 is 4.79 Å². The number of hydrogen-bond donors (Lipinski definition) is 1. The topological polar surface area (TPSA) is 46.9 Å². The molecule has 0 saturated heterocycles. The van der Waals surface area contributed by atoms with E-state index >= 15 is 0 Å². The second-order valence-electron chi connectivity index (χ2n) is 10.2. The first-order valence-corrected chi connectivity index (χ1v) is 11.5. The van der Waals surface area contributed by atoms with Crippen LogP contribution in [0.3, 0.4) is 0 Å². The quantitative estimate of drug-likeness (QED) is 0.566. The summed E-state index contributed by atoms with van der Waals surface area (Å²) in [6.07, 6.45) is 8.60. The van der Waals surface area contributed by atoms with Gasteiger partial charge in [0.15, 0.2) is 0 Å². The van der Waals surface area contributed by atoms with Crippen molar-refractivity contribution in [2.75, 3.05) is 5.32 Å². The van der Waals surface area contributed by atoms with Crippen LogP contribution in [0.15, 0.2) is 18.2 Å². The first-order chi connectivity index (χ1) is 13.7. The van der Waals surface area contributed by atoms with Crippen LogP contribution in [0, 0.1) is 11.3 Å². The summed E-state index contributed by atoms with van der Waals surface area (Å²) in [6, 6.07) is 6.23. The lowest BCUT2D eigenvalue weighted by molar-refractivity contribution is -0.124. The fraction of sp³-hybridized carbons (Fsp3) is 0.680. The van der Waals surface area contributed by atoms with E-state index in [1.807, 2.05) is 26.0 Å². The number of carbonyl (C=O) groups excluding carboxylic acids is 1. The monoisotopic (exact) mass is 397 g/mol. The number of carbonyl (C=O) groups is 1. The second kappa shape index (κ2) is 8.49. The molecule has 0 unspecified atom stereocenters. The van der Waals surface area contributed by atoms with E-state index in [9.17, 15) is 4.79 Å². The fourth-order valence-corrected chi connectivity index (χ4v) is 4.16. The summed E-state index contributed by atoms with van der Waals surface area (Å²) in [5.74, 6) is 1.99. The summed E-state index contributed by atoms with van der Waals surface area (Å²) in [7, 11) is 0. The van der Waals surface area contributed by atoms with Gasteiger partial charge in [0.25, 0.3) is 0 Å². The Morgan fingerprint density at radius 3 is 2.41 bits per heavy atom. The van der Waals surface area contributed by atoms with Gasteiger partial charge in [-0.25, -0.2) is 4.98 Å². The molecule has 0 spiro atoms. The molecule has 1 heterocycles. The molecule has 29 heavy (non-hydrogen) atoms. The Balaban J connectivity index is 1.97. The molecule has 1 aromatic carbocycles. The van der Waals surface area contributed by atoms with Crippen LogP contribution in [0.4, 0.5) is 5.69 Å². The first kappa shape index (κ1) is 21.9. The normalized spacial score (nSPS) is 16.3. The molecule has 4 heteroatoms. The number of nitrogens with one attached hydrogen (secondary N) is 1. The van der Waals surface area contributed by atoms with E-state index in [1.54, 1.807) is 0 Å². The number of hydrogen-bond acceptors (Lipinski definition) is 2. The molecule has 1 aromatic heterocycles. The SMILES string of the molecule is CCC(C)(C)C(=O)Nc1ccc2c(c1)nc(C(C)(C)CC)n2CC1CCCCC1. The Morgan fingerprint density at radius 1 is 1.10 bits per heavy atom. The number of nitrogens with zero attached hydrogens (tertiary/aromatic N) is 2. The van der Waals surface area contributed by atoms with Gasteiger partial charge in [-0.3, -0.25) is 4.79 Å². The number of fused-ring (bicyclic) bond motifs is 1. The van der Waals surface area contributed by atoms with E-state index in [4.69, 9.17) is 4.98 Å². The van der Waals surface area contributed by atoms with Crippen LogP contribution >= 0.6 is 0 Å². The minimum atomic E-state index is -0.370. The average molecular weight is 398 g/mol. The van der Waals surface area contributed by atoms with E-state index in [-0.39, 0.29) is 16.7 Å². The van der Waals surface area contributed by atoms with Gasteiger partial charge in [0, 0.05) is 23.1 Å². The van der Waals surface area contributed by atoms with Gasteiger partial charge in [-0.05, 0) is 49.8 Å². The van der Waals surface area contributed by atoms with Crippen molar-refractivity contribution in [3.8, 4) is 0 Å². The highest BCUT2D eigenvalue weighted by molar-refractivity contribution is 5.96. The Hall–Kier alpha value is -1.84. The van der Waals surface area contributed by atoms with Crippen molar-refractivity contribution >= 4 is 22.6 Å². The van der Waals surface area contributed by atoms with Crippen molar-refractivity contribution in [2.24, 2.45) is 11.3 Å². The molecule has 160 valence electrons. The van der Waals surface area contributed by atoms with Gasteiger partial charge in [-0.2, -0.15) is 0 Å². The Kier molecular flexibility index (Phi) is 6.40.